The third-order valence-corrected chi connectivity index (χ3v) is 7.49. The molecule has 1 atom stereocenters. The molecule has 2 aliphatic carbocycles. The molecule has 0 nitrogen and oxygen atoms in total. The lowest BCUT2D eigenvalue weighted by atomic mass is 9.70. The molecule has 0 bridgehead atoms. The first-order valence-electron chi connectivity index (χ1n) is 12.1. The monoisotopic (exact) mass is 388 g/mol. The van der Waals surface area contributed by atoms with Crippen LogP contribution in [0.25, 0.3) is 0 Å². The van der Waals surface area contributed by atoms with Crippen LogP contribution in [0.2, 0.25) is 0 Å². The first-order chi connectivity index (χ1) is 13.0. The lowest BCUT2D eigenvalue weighted by Gasteiger charge is -2.36. The van der Waals surface area contributed by atoms with Crippen molar-refractivity contribution >= 4 is 0 Å². The van der Waals surface area contributed by atoms with Gasteiger partial charge in [0.25, 0.3) is 0 Å². The zero-order valence-corrected chi connectivity index (χ0v) is 17.7. The van der Waals surface area contributed by atoms with E-state index in [0.29, 0.717) is 18.8 Å². The molecule has 0 aromatic rings. The maximum absolute atomic E-state index is 13.3. The van der Waals surface area contributed by atoms with Gasteiger partial charge in [-0.3, -0.25) is 0 Å². The number of hydrogen-bond acceptors (Lipinski definition) is 0. The van der Waals surface area contributed by atoms with E-state index < -0.39 is 12.1 Å². The van der Waals surface area contributed by atoms with Crippen molar-refractivity contribution in [2.75, 3.05) is 0 Å². The standard InChI is InChI=1S/C24H43F3/c1-2-3-4-5-9-14-23(24(25,26)27)15-10-11-20-16-18-22(19-17-20)21-12-7-6-8-13-21/h20-23H,2-19H2,1H3. The summed E-state index contributed by atoms with van der Waals surface area (Å²) in [4.78, 5) is 0. The van der Waals surface area contributed by atoms with Gasteiger partial charge in [-0.05, 0) is 43.4 Å². The zero-order valence-electron chi connectivity index (χ0n) is 17.7. The number of alkyl halides is 3. The van der Waals surface area contributed by atoms with Crippen LogP contribution < -0.4 is 0 Å². The largest absolute Gasteiger partial charge is 0.391 e. The molecule has 2 aliphatic rings. The van der Waals surface area contributed by atoms with E-state index in [0.717, 1.165) is 56.8 Å². The Bertz CT molecular complexity index is 362. The van der Waals surface area contributed by atoms with Crippen molar-refractivity contribution in [3.05, 3.63) is 0 Å². The summed E-state index contributed by atoms with van der Waals surface area (Å²) in [6.07, 6.45) is 16.0. The lowest BCUT2D eigenvalue weighted by Crippen LogP contribution is -2.25. The van der Waals surface area contributed by atoms with E-state index in [1.54, 1.807) is 0 Å². The minimum atomic E-state index is -4.00. The van der Waals surface area contributed by atoms with E-state index in [9.17, 15) is 13.2 Å². The highest BCUT2D eigenvalue weighted by Crippen LogP contribution is 2.42. The summed E-state index contributed by atoms with van der Waals surface area (Å²) in [5.74, 6) is 1.52. The minimum Gasteiger partial charge on any atom is -0.171 e. The fraction of sp³-hybridized carbons (Fsp3) is 1.00. The van der Waals surface area contributed by atoms with E-state index in [4.69, 9.17) is 0 Å². The zero-order chi connectivity index (χ0) is 19.5. The van der Waals surface area contributed by atoms with Gasteiger partial charge in [0, 0.05) is 0 Å². The number of halogens is 3. The second-order valence-electron chi connectivity index (χ2n) is 9.55. The molecule has 0 radical (unpaired) electrons. The molecule has 0 aromatic carbocycles. The predicted octanol–water partition coefficient (Wildman–Crippen LogP) is 9.08. The van der Waals surface area contributed by atoms with Gasteiger partial charge < -0.3 is 0 Å². The summed E-state index contributed by atoms with van der Waals surface area (Å²) in [5, 5.41) is 0. The van der Waals surface area contributed by atoms with Crippen LogP contribution in [-0.2, 0) is 0 Å². The summed E-state index contributed by atoms with van der Waals surface area (Å²) in [6, 6.07) is 0. The van der Waals surface area contributed by atoms with E-state index in [1.165, 1.54) is 57.8 Å². The third kappa shape index (κ3) is 8.77. The van der Waals surface area contributed by atoms with Crippen molar-refractivity contribution in [1.82, 2.24) is 0 Å². The van der Waals surface area contributed by atoms with E-state index in [-0.39, 0.29) is 0 Å². The molecule has 0 heterocycles. The molecule has 2 rings (SSSR count). The Morgan fingerprint density at radius 3 is 1.93 bits per heavy atom. The highest BCUT2D eigenvalue weighted by Gasteiger charge is 2.38. The Balaban J connectivity index is 1.61. The average molecular weight is 389 g/mol. The highest BCUT2D eigenvalue weighted by molar-refractivity contribution is 4.80. The molecule has 27 heavy (non-hydrogen) atoms. The normalized spacial score (nSPS) is 26.2. The first kappa shape index (κ1) is 23.1. The first-order valence-corrected chi connectivity index (χ1v) is 12.1. The van der Waals surface area contributed by atoms with Crippen LogP contribution in [0, 0.1) is 23.7 Å². The molecule has 0 N–H and O–H groups in total. The van der Waals surface area contributed by atoms with Crippen LogP contribution >= 0.6 is 0 Å². The summed E-state index contributed by atoms with van der Waals surface area (Å²) in [7, 11) is 0. The Morgan fingerprint density at radius 1 is 0.704 bits per heavy atom. The molecule has 2 fully saturated rings. The smallest absolute Gasteiger partial charge is 0.171 e. The van der Waals surface area contributed by atoms with Crippen molar-refractivity contribution < 1.29 is 13.2 Å². The second-order valence-corrected chi connectivity index (χ2v) is 9.55. The summed E-state index contributed by atoms with van der Waals surface area (Å²) in [5.41, 5.74) is 0. The fourth-order valence-corrected chi connectivity index (χ4v) is 5.67. The van der Waals surface area contributed by atoms with Gasteiger partial charge >= 0.3 is 6.18 Å². The van der Waals surface area contributed by atoms with Gasteiger partial charge in [0.2, 0.25) is 0 Å². The van der Waals surface area contributed by atoms with Crippen LogP contribution in [0.4, 0.5) is 13.2 Å². The Hall–Kier alpha value is -0.210. The molecule has 0 amide bonds. The van der Waals surface area contributed by atoms with Gasteiger partial charge in [-0.2, -0.15) is 13.2 Å². The molecular weight excluding hydrogens is 345 g/mol. The molecule has 0 saturated heterocycles. The van der Waals surface area contributed by atoms with Crippen LogP contribution in [0.15, 0.2) is 0 Å². The molecule has 3 heteroatoms. The summed E-state index contributed by atoms with van der Waals surface area (Å²) < 4.78 is 40.0. The summed E-state index contributed by atoms with van der Waals surface area (Å²) in [6.45, 7) is 2.14. The van der Waals surface area contributed by atoms with Crippen LogP contribution in [-0.4, -0.2) is 6.18 Å². The van der Waals surface area contributed by atoms with E-state index >= 15 is 0 Å². The number of hydrogen-bond donors (Lipinski definition) is 0. The minimum absolute atomic E-state index is 0.349. The third-order valence-electron chi connectivity index (χ3n) is 7.49. The second kappa shape index (κ2) is 12.4. The molecule has 0 aliphatic heterocycles. The molecule has 0 spiro atoms. The Labute approximate surface area is 166 Å². The van der Waals surface area contributed by atoms with Crippen molar-refractivity contribution in [1.29, 1.82) is 0 Å². The molecule has 2 saturated carbocycles. The predicted molar refractivity (Wildman–Crippen MR) is 109 cm³/mol. The number of unbranched alkanes of at least 4 members (excludes halogenated alkanes) is 4. The van der Waals surface area contributed by atoms with Crippen molar-refractivity contribution in [2.24, 2.45) is 23.7 Å². The van der Waals surface area contributed by atoms with Gasteiger partial charge in [-0.15, -0.1) is 0 Å². The fourth-order valence-electron chi connectivity index (χ4n) is 5.67. The van der Waals surface area contributed by atoms with Crippen LogP contribution in [0.5, 0.6) is 0 Å². The van der Waals surface area contributed by atoms with Gasteiger partial charge in [-0.25, -0.2) is 0 Å². The van der Waals surface area contributed by atoms with E-state index in [1.807, 2.05) is 0 Å². The lowest BCUT2D eigenvalue weighted by molar-refractivity contribution is -0.178. The van der Waals surface area contributed by atoms with Crippen LogP contribution in [0.3, 0.4) is 0 Å². The topological polar surface area (TPSA) is 0 Å². The van der Waals surface area contributed by atoms with Gasteiger partial charge in [0.1, 0.15) is 0 Å². The SMILES string of the molecule is CCCCCCCC(CCCC1CCC(C2CCCCC2)CC1)C(F)(F)F. The van der Waals surface area contributed by atoms with Crippen molar-refractivity contribution in [3.63, 3.8) is 0 Å². The van der Waals surface area contributed by atoms with E-state index in [2.05, 4.69) is 6.92 Å². The quantitative estimate of drug-likeness (QED) is 0.310. The molecule has 160 valence electrons. The highest BCUT2D eigenvalue weighted by atomic mass is 19.4. The Kier molecular flexibility index (Phi) is 10.6. The molecular formula is C24H43F3. The molecule has 0 aromatic heterocycles. The average Bonchev–Trinajstić information content (AvgIpc) is 2.67. The van der Waals surface area contributed by atoms with Crippen molar-refractivity contribution in [3.8, 4) is 0 Å². The maximum Gasteiger partial charge on any atom is 0.391 e. The van der Waals surface area contributed by atoms with Crippen LogP contribution in [0.1, 0.15) is 122 Å². The Morgan fingerprint density at radius 2 is 1.30 bits per heavy atom. The van der Waals surface area contributed by atoms with Gasteiger partial charge in [-0.1, -0.05) is 96.8 Å². The van der Waals surface area contributed by atoms with Gasteiger partial charge in [0.15, 0.2) is 0 Å². The summed E-state index contributed by atoms with van der Waals surface area (Å²) >= 11 is 0. The van der Waals surface area contributed by atoms with Crippen molar-refractivity contribution in [2.45, 2.75) is 129 Å². The molecule has 1 unspecified atom stereocenters. The number of rotatable bonds is 11. The maximum atomic E-state index is 13.3. The van der Waals surface area contributed by atoms with Gasteiger partial charge in [0.05, 0.1) is 5.92 Å².